The summed E-state index contributed by atoms with van der Waals surface area (Å²) in [6.07, 6.45) is 1.57. The number of nitrogens with zero attached hydrogens (tertiary/aromatic N) is 2. The molecule has 1 heterocycles. The number of hydrazone groups is 1. The Balaban J connectivity index is 2.70. The van der Waals surface area contributed by atoms with Crippen molar-refractivity contribution < 1.29 is 0 Å². The Kier molecular flexibility index (Phi) is 2.78. The highest BCUT2D eigenvalue weighted by Gasteiger charge is 2.09. The van der Waals surface area contributed by atoms with Gasteiger partial charge in [0.25, 0.3) is 0 Å². The predicted octanol–water partition coefficient (Wildman–Crippen LogP) is 1.94. The molecule has 2 rings (SSSR count). The average Bonchev–Trinajstić information content (AvgIpc) is 2.53. The van der Waals surface area contributed by atoms with Crippen LogP contribution in [0.1, 0.15) is 25.5 Å². The van der Waals surface area contributed by atoms with Crippen LogP contribution in [0.3, 0.4) is 0 Å². The Labute approximate surface area is 97.0 Å². The van der Waals surface area contributed by atoms with Gasteiger partial charge in [0.2, 0.25) is 0 Å². The number of aromatic nitrogens is 1. The van der Waals surface area contributed by atoms with E-state index in [9.17, 15) is 4.79 Å². The summed E-state index contributed by atoms with van der Waals surface area (Å²) in [6, 6.07) is 5.94. The fraction of sp³-hybridized carbons (Fsp3) is 0.273. The molecule has 5 heteroatoms. The second kappa shape index (κ2) is 4.09. The van der Waals surface area contributed by atoms with Gasteiger partial charge in [0.15, 0.2) is 0 Å². The molecule has 0 saturated carbocycles. The smallest absolute Gasteiger partial charge is 0.308 e. The Bertz CT molecular complexity index is 595. The van der Waals surface area contributed by atoms with Crippen LogP contribution >= 0.6 is 11.3 Å². The van der Waals surface area contributed by atoms with Gasteiger partial charge >= 0.3 is 4.87 Å². The molecule has 0 aliphatic rings. The molecule has 84 valence electrons. The standard InChI is InChI=1S/C11H13N3OS/c1-7(2)14-9-4-3-8(6-13-12)5-10(9)16-11(14)15/h3-7H,12H2,1-2H3. The minimum Gasteiger partial charge on any atom is -0.323 e. The fourth-order valence-corrected chi connectivity index (χ4v) is 2.77. The van der Waals surface area contributed by atoms with Crippen LogP contribution in [0.25, 0.3) is 10.2 Å². The molecule has 0 radical (unpaired) electrons. The maximum atomic E-state index is 11.8. The van der Waals surface area contributed by atoms with Crippen LogP contribution in [0.2, 0.25) is 0 Å². The molecular weight excluding hydrogens is 222 g/mol. The summed E-state index contributed by atoms with van der Waals surface area (Å²) in [5.41, 5.74) is 1.88. The van der Waals surface area contributed by atoms with E-state index >= 15 is 0 Å². The molecule has 4 nitrogen and oxygen atoms in total. The summed E-state index contributed by atoms with van der Waals surface area (Å²) >= 11 is 1.25. The molecule has 0 atom stereocenters. The minimum absolute atomic E-state index is 0.0758. The molecule has 1 aromatic heterocycles. The molecule has 16 heavy (non-hydrogen) atoms. The number of hydrogen-bond acceptors (Lipinski definition) is 4. The summed E-state index contributed by atoms with van der Waals surface area (Å²) in [5, 5.41) is 3.47. The van der Waals surface area contributed by atoms with Crippen molar-refractivity contribution in [2.24, 2.45) is 10.9 Å². The quantitative estimate of drug-likeness (QED) is 0.491. The number of nitrogens with two attached hydrogens (primary N) is 1. The van der Waals surface area contributed by atoms with Crippen LogP contribution in [-0.2, 0) is 0 Å². The van der Waals surface area contributed by atoms with Crippen LogP contribution in [0.5, 0.6) is 0 Å². The lowest BCUT2D eigenvalue weighted by molar-refractivity contribution is 0.611. The zero-order valence-electron chi connectivity index (χ0n) is 9.18. The van der Waals surface area contributed by atoms with E-state index in [4.69, 9.17) is 5.84 Å². The Morgan fingerprint density at radius 2 is 2.25 bits per heavy atom. The number of rotatable bonds is 2. The number of hydrogen-bond donors (Lipinski definition) is 1. The molecule has 0 saturated heterocycles. The molecular formula is C11H13N3OS. The number of benzene rings is 1. The largest absolute Gasteiger partial charge is 0.323 e. The highest BCUT2D eigenvalue weighted by Crippen LogP contribution is 2.21. The molecule has 0 aliphatic carbocycles. The second-order valence-corrected chi connectivity index (χ2v) is 4.83. The Hall–Kier alpha value is -1.62. The van der Waals surface area contributed by atoms with E-state index in [1.165, 1.54) is 11.3 Å². The SMILES string of the molecule is CC(C)n1c(=O)sc2cc(C=NN)ccc21. The van der Waals surface area contributed by atoms with Crippen LogP contribution < -0.4 is 10.7 Å². The van der Waals surface area contributed by atoms with E-state index in [0.29, 0.717) is 0 Å². The van der Waals surface area contributed by atoms with Gasteiger partial charge in [-0.05, 0) is 31.5 Å². The van der Waals surface area contributed by atoms with Gasteiger partial charge in [-0.1, -0.05) is 17.4 Å². The van der Waals surface area contributed by atoms with E-state index in [0.717, 1.165) is 15.8 Å². The molecule has 1 aromatic carbocycles. The van der Waals surface area contributed by atoms with Crippen LogP contribution in [0, 0.1) is 0 Å². The maximum Gasteiger partial charge on any atom is 0.308 e. The molecule has 2 aromatic rings. The van der Waals surface area contributed by atoms with Crippen molar-refractivity contribution in [1.82, 2.24) is 4.57 Å². The van der Waals surface area contributed by atoms with Crippen molar-refractivity contribution in [2.45, 2.75) is 19.9 Å². The summed E-state index contributed by atoms with van der Waals surface area (Å²) in [4.78, 5) is 11.8. The van der Waals surface area contributed by atoms with E-state index in [1.807, 2.05) is 32.0 Å². The van der Waals surface area contributed by atoms with Crippen LogP contribution in [0.4, 0.5) is 0 Å². The summed E-state index contributed by atoms with van der Waals surface area (Å²) in [5.74, 6) is 5.09. The third-order valence-corrected chi connectivity index (χ3v) is 3.30. The van der Waals surface area contributed by atoms with Crippen molar-refractivity contribution in [3.05, 3.63) is 33.4 Å². The highest BCUT2D eigenvalue weighted by atomic mass is 32.1. The van der Waals surface area contributed by atoms with Gasteiger partial charge in [-0.15, -0.1) is 0 Å². The van der Waals surface area contributed by atoms with E-state index in [1.54, 1.807) is 10.8 Å². The molecule has 2 N–H and O–H groups in total. The van der Waals surface area contributed by atoms with Gasteiger partial charge < -0.3 is 5.84 Å². The van der Waals surface area contributed by atoms with E-state index in [-0.39, 0.29) is 10.9 Å². The van der Waals surface area contributed by atoms with Crippen molar-refractivity contribution >= 4 is 27.8 Å². The molecule has 0 fully saturated rings. The van der Waals surface area contributed by atoms with E-state index in [2.05, 4.69) is 5.10 Å². The first-order valence-electron chi connectivity index (χ1n) is 5.02. The zero-order valence-corrected chi connectivity index (χ0v) is 9.99. The van der Waals surface area contributed by atoms with Gasteiger partial charge in [0.05, 0.1) is 16.4 Å². The Morgan fingerprint density at radius 3 is 2.88 bits per heavy atom. The molecule has 0 spiro atoms. The zero-order chi connectivity index (χ0) is 11.7. The maximum absolute atomic E-state index is 11.8. The first kappa shape index (κ1) is 10.9. The minimum atomic E-state index is 0.0758. The van der Waals surface area contributed by atoms with Crippen molar-refractivity contribution in [1.29, 1.82) is 0 Å². The summed E-state index contributed by atoms with van der Waals surface area (Å²) in [6.45, 7) is 4.01. The first-order chi connectivity index (χ1) is 7.63. The monoisotopic (exact) mass is 235 g/mol. The van der Waals surface area contributed by atoms with Crippen LogP contribution in [-0.4, -0.2) is 10.8 Å². The second-order valence-electron chi connectivity index (χ2n) is 3.84. The predicted molar refractivity (Wildman–Crippen MR) is 68.3 cm³/mol. The lowest BCUT2D eigenvalue weighted by Gasteiger charge is -2.06. The fourth-order valence-electron chi connectivity index (χ4n) is 1.71. The lowest BCUT2D eigenvalue weighted by Crippen LogP contribution is -2.14. The molecule has 0 unspecified atom stereocenters. The number of thiazole rings is 1. The Morgan fingerprint density at radius 1 is 1.50 bits per heavy atom. The first-order valence-corrected chi connectivity index (χ1v) is 5.83. The normalized spacial score (nSPS) is 11.9. The number of fused-ring (bicyclic) bond motifs is 1. The van der Waals surface area contributed by atoms with Gasteiger partial charge in [-0.3, -0.25) is 9.36 Å². The topological polar surface area (TPSA) is 60.4 Å². The van der Waals surface area contributed by atoms with Crippen molar-refractivity contribution in [3.63, 3.8) is 0 Å². The van der Waals surface area contributed by atoms with Crippen molar-refractivity contribution in [2.75, 3.05) is 0 Å². The molecule has 0 aliphatic heterocycles. The van der Waals surface area contributed by atoms with Crippen LogP contribution in [0.15, 0.2) is 28.1 Å². The van der Waals surface area contributed by atoms with Gasteiger partial charge in [0, 0.05) is 6.04 Å². The van der Waals surface area contributed by atoms with Gasteiger partial charge in [-0.2, -0.15) is 5.10 Å². The highest BCUT2D eigenvalue weighted by molar-refractivity contribution is 7.16. The lowest BCUT2D eigenvalue weighted by atomic mass is 10.2. The third kappa shape index (κ3) is 1.74. The third-order valence-electron chi connectivity index (χ3n) is 2.38. The average molecular weight is 235 g/mol. The van der Waals surface area contributed by atoms with E-state index < -0.39 is 0 Å². The summed E-state index contributed by atoms with van der Waals surface area (Å²) in [7, 11) is 0. The summed E-state index contributed by atoms with van der Waals surface area (Å²) < 4.78 is 2.76. The van der Waals surface area contributed by atoms with Gasteiger partial charge in [-0.25, -0.2) is 0 Å². The van der Waals surface area contributed by atoms with Crippen molar-refractivity contribution in [3.8, 4) is 0 Å². The molecule has 0 amide bonds. The molecule has 0 bridgehead atoms. The van der Waals surface area contributed by atoms with Gasteiger partial charge in [0.1, 0.15) is 0 Å².